The van der Waals surface area contributed by atoms with Gasteiger partial charge in [0.1, 0.15) is 11.5 Å². The van der Waals surface area contributed by atoms with Crippen molar-refractivity contribution in [1.29, 1.82) is 0 Å². The van der Waals surface area contributed by atoms with Crippen LogP contribution in [0.4, 0.5) is 0 Å². The van der Waals surface area contributed by atoms with Crippen LogP contribution in [-0.4, -0.2) is 28.8 Å². The number of aliphatic hydroxyl groups excluding tert-OH is 1. The Hall–Kier alpha value is -3.09. The van der Waals surface area contributed by atoms with Crippen LogP contribution < -0.4 is 4.74 Å². The van der Waals surface area contributed by atoms with Crippen LogP contribution in [0.25, 0.3) is 5.76 Å². The summed E-state index contributed by atoms with van der Waals surface area (Å²) < 4.78 is 5.34. The van der Waals surface area contributed by atoms with E-state index in [0.29, 0.717) is 21.9 Å². The van der Waals surface area contributed by atoms with Crippen molar-refractivity contribution in [1.82, 2.24) is 4.90 Å². The molecule has 0 radical (unpaired) electrons. The molecule has 2 heterocycles. The van der Waals surface area contributed by atoms with Crippen molar-refractivity contribution in [3.8, 4) is 5.75 Å². The van der Waals surface area contributed by atoms with E-state index in [4.69, 9.17) is 16.3 Å². The number of amides is 1. The van der Waals surface area contributed by atoms with Crippen LogP contribution in [0.5, 0.6) is 5.75 Å². The molecule has 2 aromatic carbocycles. The van der Waals surface area contributed by atoms with Gasteiger partial charge in [-0.05, 0) is 41.3 Å². The monoisotopic (exact) mass is 439 g/mol. The summed E-state index contributed by atoms with van der Waals surface area (Å²) in [5.41, 5.74) is 1.07. The highest BCUT2D eigenvalue weighted by atomic mass is 35.5. The molecule has 0 spiro atoms. The number of para-hydroxylation sites is 1. The molecule has 4 rings (SSSR count). The van der Waals surface area contributed by atoms with Crippen molar-refractivity contribution in [2.24, 2.45) is 0 Å². The Bertz CT molecular complexity index is 1120. The van der Waals surface area contributed by atoms with Gasteiger partial charge in [0.25, 0.3) is 11.7 Å². The van der Waals surface area contributed by atoms with Crippen molar-refractivity contribution < 1.29 is 19.4 Å². The van der Waals surface area contributed by atoms with E-state index >= 15 is 0 Å². The number of benzene rings is 2. The first-order valence-electron chi connectivity index (χ1n) is 9.21. The number of ketones is 1. The predicted octanol–water partition coefficient (Wildman–Crippen LogP) is 5.03. The topological polar surface area (TPSA) is 66.8 Å². The number of halogens is 1. The normalized spacial score (nSPS) is 18.1. The van der Waals surface area contributed by atoms with Crippen LogP contribution in [0.1, 0.15) is 22.0 Å². The smallest absolute Gasteiger partial charge is 0.295 e. The number of Topliss-reactive ketones (excluding diaryl/α,β-unsaturated/α-hetero) is 1. The second kappa shape index (κ2) is 8.34. The molecule has 7 heteroatoms. The van der Waals surface area contributed by atoms with Crippen molar-refractivity contribution in [3.05, 3.63) is 92.6 Å². The molecule has 1 N–H and O–H groups in total. The zero-order valence-corrected chi connectivity index (χ0v) is 17.6. The summed E-state index contributed by atoms with van der Waals surface area (Å²) >= 11 is 7.54. The molecule has 1 atom stereocenters. The number of carbonyl (C=O) groups is 2. The zero-order chi connectivity index (χ0) is 21.3. The molecule has 1 amide bonds. The Kier molecular flexibility index (Phi) is 5.61. The van der Waals surface area contributed by atoms with Gasteiger partial charge in [0, 0.05) is 9.90 Å². The first-order chi connectivity index (χ1) is 14.5. The summed E-state index contributed by atoms with van der Waals surface area (Å²) in [6, 6.07) is 16.8. The van der Waals surface area contributed by atoms with Gasteiger partial charge in [-0.1, -0.05) is 41.9 Å². The van der Waals surface area contributed by atoms with Gasteiger partial charge in [-0.2, -0.15) is 0 Å². The summed E-state index contributed by atoms with van der Waals surface area (Å²) in [6.07, 6.45) is 0. The van der Waals surface area contributed by atoms with Gasteiger partial charge in [0.15, 0.2) is 0 Å². The molecule has 152 valence electrons. The Morgan fingerprint density at radius 2 is 1.83 bits per heavy atom. The fourth-order valence-electron chi connectivity index (χ4n) is 3.59. The fraction of sp³-hybridized carbons (Fsp3) is 0.130. The lowest BCUT2D eigenvalue weighted by Gasteiger charge is -2.25. The first-order valence-corrected chi connectivity index (χ1v) is 10.5. The lowest BCUT2D eigenvalue weighted by molar-refractivity contribution is -0.140. The van der Waals surface area contributed by atoms with E-state index in [1.165, 1.54) is 23.3 Å². The third-order valence-corrected chi connectivity index (χ3v) is 6.11. The maximum absolute atomic E-state index is 13.0. The van der Waals surface area contributed by atoms with E-state index in [2.05, 4.69) is 0 Å². The van der Waals surface area contributed by atoms with Crippen LogP contribution >= 0.6 is 22.9 Å². The fourth-order valence-corrected chi connectivity index (χ4v) is 4.42. The number of nitrogens with zero attached hydrogens (tertiary/aromatic N) is 1. The molecule has 1 aliphatic heterocycles. The minimum Gasteiger partial charge on any atom is -0.507 e. The molecular formula is C23H18ClNO4S. The van der Waals surface area contributed by atoms with E-state index in [1.54, 1.807) is 48.5 Å². The maximum Gasteiger partial charge on any atom is 0.295 e. The number of hydrogen-bond acceptors (Lipinski definition) is 5. The van der Waals surface area contributed by atoms with Gasteiger partial charge in [0.05, 0.1) is 30.8 Å². The summed E-state index contributed by atoms with van der Waals surface area (Å²) in [5.74, 6) is -1.23. The van der Waals surface area contributed by atoms with Crippen molar-refractivity contribution >= 4 is 40.4 Å². The Morgan fingerprint density at radius 3 is 2.50 bits per heavy atom. The van der Waals surface area contributed by atoms with Crippen LogP contribution in [0.3, 0.4) is 0 Å². The molecule has 1 aromatic heterocycles. The van der Waals surface area contributed by atoms with Crippen LogP contribution in [0, 0.1) is 0 Å². The van der Waals surface area contributed by atoms with Gasteiger partial charge in [-0.25, -0.2) is 0 Å². The Balaban J connectivity index is 1.89. The molecule has 30 heavy (non-hydrogen) atoms. The van der Waals surface area contributed by atoms with Crippen molar-refractivity contribution in [2.45, 2.75) is 12.6 Å². The first kappa shape index (κ1) is 20.2. The van der Waals surface area contributed by atoms with Gasteiger partial charge >= 0.3 is 0 Å². The molecule has 0 aliphatic carbocycles. The lowest BCUT2D eigenvalue weighted by atomic mass is 9.95. The molecule has 0 bridgehead atoms. The molecule has 5 nitrogen and oxygen atoms in total. The Morgan fingerprint density at radius 1 is 1.10 bits per heavy atom. The van der Waals surface area contributed by atoms with E-state index < -0.39 is 17.7 Å². The highest BCUT2D eigenvalue weighted by Gasteiger charge is 2.46. The minimum absolute atomic E-state index is 0.0309. The molecule has 3 aromatic rings. The third kappa shape index (κ3) is 3.60. The van der Waals surface area contributed by atoms with E-state index in [9.17, 15) is 14.7 Å². The molecule has 0 saturated carbocycles. The van der Waals surface area contributed by atoms with Gasteiger partial charge in [0.2, 0.25) is 0 Å². The standard InChI is InChI=1S/C23H18ClNO4S/c1-29-18-7-3-2-6-17(18)21(26)19-20(14-8-10-15(24)11-9-14)25(23(28)22(19)27)13-16-5-4-12-30-16/h2-12,20,26H,13H2,1H3/b21-19-. The van der Waals surface area contributed by atoms with Crippen molar-refractivity contribution in [3.63, 3.8) is 0 Å². The van der Waals surface area contributed by atoms with Crippen LogP contribution in [0.2, 0.25) is 5.02 Å². The van der Waals surface area contributed by atoms with E-state index in [0.717, 1.165) is 4.88 Å². The number of hydrogen-bond donors (Lipinski definition) is 1. The zero-order valence-electron chi connectivity index (χ0n) is 16.0. The van der Waals surface area contributed by atoms with Gasteiger partial charge in [-0.3, -0.25) is 9.59 Å². The largest absolute Gasteiger partial charge is 0.507 e. The average Bonchev–Trinajstić information content (AvgIpc) is 3.36. The predicted molar refractivity (Wildman–Crippen MR) is 117 cm³/mol. The van der Waals surface area contributed by atoms with Crippen LogP contribution in [0.15, 0.2) is 71.6 Å². The third-order valence-electron chi connectivity index (χ3n) is 4.99. The van der Waals surface area contributed by atoms with Crippen molar-refractivity contribution in [2.75, 3.05) is 7.11 Å². The van der Waals surface area contributed by atoms with E-state index in [1.807, 2.05) is 17.5 Å². The summed E-state index contributed by atoms with van der Waals surface area (Å²) in [4.78, 5) is 28.4. The number of carbonyl (C=O) groups excluding carboxylic acids is 2. The van der Waals surface area contributed by atoms with Gasteiger partial charge in [-0.15, -0.1) is 11.3 Å². The number of rotatable bonds is 5. The second-order valence-electron chi connectivity index (χ2n) is 6.76. The summed E-state index contributed by atoms with van der Waals surface area (Å²) in [6.45, 7) is 0.262. The number of ether oxygens (including phenoxy) is 1. The lowest BCUT2D eigenvalue weighted by Crippen LogP contribution is -2.28. The highest BCUT2D eigenvalue weighted by molar-refractivity contribution is 7.09. The minimum atomic E-state index is -0.741. The van der Waals surface area contributed by atoms with E-state index in [-0.39, 0.29) is 17.9 Å². The average molecular weight is 440 g/mol. The summed E-state index contributed by atoms with van der Waals surface area (Å²) in [7, 11) is 1.48. The quantitative estimate of drug-likeness (QED) is 0.344. The maximum atomic E-state index is 13.0. The second-order valence-corrected chi connectivity index (χ2v) is 8.23. The molecule has 1 saturated heterocycles. The van der Waals surface area contributed by atoms with Crippen LogP contribution in [-0.2, 0) is 16.1 Å². The molecular weight excluding hydrogens is 422 g/mol. The number of likely N-dealkylation sites (tertiary alicyclic amines) is 1. The Labute approximate surface area is 182 Å². The molecule has 1 unspecified atom stereocenters. The molecule has 1 aliphatic rings. The SMILES string of the molecule is COc1ccccc1/C(O)=C1/C(=O)C(=O)N(Cc2cccs2)C1c1ccc(Cl)cc1. The molecule has 1 fully saturated rings. The van der Waals surface area contributed by atoms with Gasteiger partial charge < -0.3 is 14.7 Å². The highest BCUT2D eigenvalue weighted by Crippen LogP contribution is 2.42. The summed E-state index contributed by atoms with van der Waals surface area (Å²) in [5, 5.41) is 13.6. The number of methoxy groups -OCH3 is 1. The number of aliphatic hydroxyl groups is 1. The number of thiophene rings is 1.